The van der Waals surface area contributed by atoms with E-state index in [0.29, 0.717) is 11.4 Å². The Bertz CT molecular complexity index is 453. The SMILES string of the molecule is O=C(NCC1CCCC1O)c1cc(S)ccc1F. The van der Waals surface area contributed by atoms with Gasteiger partial charge in [0.05, 0.1) is 11.7 Å². The number of aliphatic hydroxyl groups is 1. The van der Waals surface area contributed by atoms with Gasteiger partial charge >= 0.3 is 0 Å². The predicted molar refractivity (Wildman–Crippen MR) is 69.3 cm³/mol. The van der Waals surface area contributed by atoms with Crippen LogP contribution in [0.15, 0.2) is 23.1 Å². The van der Waals surface area contributed by atoms with E-state index in [9.17, 15) is 14.3 Å². The molecule has 1 aliphatic rings. The van der Waals surface area contributed by atoms with Crippen molar-refractivity contribution in [1.82, 2.24) is 5.32 Å². The molecular formula is C13H16FNO2S. The zero-order valence-electron chi connectivity index (χ0n) is 9.90. The molecule has 3 nitrogen and oxygen atoms in total. The quantitative estimate of drug-likeness (QED) is 0.735. The average Bonchev–Trinajstić information content (AvgIpc) is 2.75. The molecule has 5 heteroatoms. The monoisotopic (exact) mass is 269 g/mol. The van der Waals surface area contributed by atoms with Crippen LogP contribution in [-0.2, 0) is 0 Å². The Labute approximate surface area is 111 Å². The first kappa shape index (κ1) is 13.4. The summed E-state index contributed by atoms with van der Waals surface area (Å²) in [4.78, 5) is 12.4. The lowest BCUT2D eigenvalue weighted by atomic mass is 10.1. The van der Waals surface area contributed by atoms with Crippen LogP contribution in [0.25, 0.3) is 0 Å². The van der Waals surface area contributed by atoms with E-state index < -0.39 is 11.7 Å². The number of carbonyl (C=O) groups is 1. The third kappa shape index (κ3) is 3.03. The first-order chi connectivity index (χ1) is 8.58. The van der Waals surface area contributed by atoms with Gasteiger partial charge < -0.3 is 10.4 Å². The first-order valence-electron chi connectivity index (χ1n) is 6.02. The molecule has 1 saturated carbocycles. The number of nitrogens with one attached hydrogen (secondary N) is 1. The fourth-order valence-corrected chi connectivity index (χ4v) is 2.47. The Balaban J connectivity index is 1.97. The summed E-state index contributed by atoms with van der Waals surface area (Å²) in [5.41, 5.74) is -0.00464. The summed E-state index contributed by atoms with van der Waals surface area (Å²) < 4.78 is 13.5. The molecule has 18 heavy (non-hydrogen) atoms. The van der Waals surface area contributed by atoms with Gasteiger partial charge in [0.2, 0.25) is 0 Å². The Hall–Kier alpha value is -1.07. The molecule has 1 amide bonds. The lowest BCUT2D eigenvalue weighted by Crippen LogP contribution is -2.32. The topological polar surface area (TPSA) is 49.3 Å². The average molecular weight is 269 g/mol. The molecule has 0 aliphatic heterocycles. The van der Waals surface area contributed by atoms with Gasteiger partial charge in [0.15, 0.2) is 0 Å². The summed E-state index contributed by atoms with van der Waals surface area (Å²) in [6.45, 7) is 0.385. The molecule has 2 unspecified atom stereocenters. The second kappa shape index (κ2) is 5.71. The number of hydrogen-bond acceptors (Lipinski definition) is 3. The lowest BCUT2D eigenvalue weighted by molar-refractivity contribution is 0.0913. The molecule has 0 radical (unpaired) electrons. The number of aliphatic hydroxyl groups excluding tert-OH is 1. The summed E-state index contributed by atoms with van der Waals surface area (Å²) in [5, 5.41) is 12.3. The number of amides is 1. The van der Waals surface area contributed by atoms with Gasteiger partial charge in [-0.25, -0.2) is 4.39 Å². The van der Waals surface area contributed by atoms with Crippen molar-refractivity contribution in [3.63, 3.8) is 0 Å². The number of hydrogen-bond donors (Lipinski definition) is 3. The van der Waals surface area contributed by atoms with Crippen molar-refractivity contribution < 1.29 is 14.3 Å². The number of rotatable bonds is 3. The normalized spacial score (nSPS) is 23.1. The molecule has 0 saturated heterocycles. The van der Waals surface area contributed by atoms with Crippen molar-refractivity contribution in [2.24, 2.45) is 5.92 Å². The van der Waals surface area contributed by atoms with Gasteiger partial charge in [0.25, 0.3) is 5.91 Å². The maximum atomic E-state index is 13.5. The minimum Gasteiger partial charge on any atom is -0.393 e. The summed E-state index contributed by atoms with van der Waals surface area (Å²) >= 11 is 4.08. The van der Waals surface area contributed by atoms with E-state index in [0.717, 1.165) is 19.3 Å². The Morgan fingerprint density at radius 3 is 2.94 bits per heavy atom. The van der Waals surface area contributed by atoms with E-state index in [2.05, 4.69) is 17.9 Å². The third-order valence-corrected chi connectivity index (χ3v) is 3.62. The molecule has 2 N–H and O–H groups in total. The van der Waals surface area contributed by atoms with Crippen molar-refractivity contribution in [2.45, 2.75) is 30.3 Å². The molecule has 98 valence electrons. The zero-order valence-corrected chi connectivity index (χ0v) is 10.8. The number of carbonyl (C=O) groups excluding carboxylic acids is 1. The minimum atomic E-state index is -0.558. The molecule has 1 aromatic carbocycles. The largest absolute Gasteiger partial charge is 0.393 e. The predicted octanol–water partition coefficient (Wildman–Crippen LogP) is 2.01. The van der Waals surface area contributed by atoms with Gasteiger partial charge in [0, 0.05) is 17.4 Å². The highest BCUT2D eigenvalue weighted by Gasteiger charge is 2.25. The maximum Gasteiger partial charge on any atom is 0.254 e. The Morgan fingerprint density at radius 1 is 1.50 bits per heavy atom. The van der Waals surface area contributed by atoms with Gasteiger partial charge in [-0.1, -0.05) is 6.42 Å². The second-order valence-corrected chi connectivity index (χ2v) is 5.15. The zero-order chi connectivity index (χ0) is 13.1. The summed E-state index contributed by atoms with van der Waals surface area (Å²) in [6, 6.07) is 4.12. The summed E-state index contributed by atoms with van der Waals surface area (Å²) in [5.74, 6) is -0.934. The smallest absolute Gasteiger partial charge is 0.254 e. The van der Waals surface area contributed by atoms with Crippen molar-refractivity contribution in [1.29, 1.82) is 0 Å². The summed E-state index contributed by atoms with van der Waals surface area (Å²) in [6.07, 6.45) is 2.30. The van der Waals surface area contributed by atoms with Crippen LogP contribution in [0.3, 0.4) is 0 Å². The van der Waals surface area contributed by atoms with Gasteiger partial charge in [-0.05, 0) is 31.0 Å². The van der Waals surface area contributed by atoms with Crippen LogP contribution in [0.4, 0.5) is 4.39 Å². The van der Waals surface area contributed by atoms with Gasteiger partial charge in [-0.2, -0.15) is 0 Å². The van der Waals surface area contributed by atoms with Gasteiger partial charge in [0.1, 0.15) is 5.82 Å². The van der Waals surface area contributed by atoms with Crippen LogP contribution in [0.2, 0.25) is 0 Å². The summed E-state index contributed by atoms with van der Waals surface area (Å²) in [7, 11) is 0. The molecule has 0 bridgehead atoms. The van der Waals surface area contributed by atoms with E-state index in [-0.39, 0.29) is 17.6 Å². The van der Waals surface area contributed by atoms with Crippen LogP contribution < -0.4 is 5.32 Å². The highest BCUT2D eigenvalue weighted by molar-refractivity contribution is 7.80. The van der Waals surface area contributed by atoms with E-state index in [1.54, 1.807) is 0 Å². The van der Waals surface area contributed by atoms with Crippen LogP contribution in [0, 0.1) is 11.7 Å². The van der Waals surface area contributed by atoms with E-state index in [4.69, 9.17) is 0 Å². The molecule has 1 fully saturated rings. The Kier molecular flexibility index (Phi) is 4.24. The standard InChI is InChI=1S/C13H16FNO2S/c14-11-5-4-9(18)6-10(11)13(17)15-7-8-2-1-3-12(8)16/h4-6,8,12,16,18H,1-3,7H2,(H,15,17). The third-order valence-electron chi connectivity index (χ3n) is 3.34. The van der Waals surface area contributed by atoms with Crippen LogP contribution in [-0.4, -0.2) is 23.7 Å². The van der Waals surface area contributed by atoms with Crippen LogP contribution >= 0.6 is 12.6 Å². The molecule has 2 atom stereocenters. The molecular weight excluding hydrogens is 253 g/mol. The lowest BCUT2D eigenvalue weighted by Gasteiger charge is -2.15. The number of thiol groups is 1. The van der Waals surface area contributed by atoms with E-state index in [1.165, 1.54) is 18.2 Å². The Morgan fingerprint density at radius 2 is 2.28 bits per heavy atom. The van der Waals surface area contributed by atoms with Crippen molar-refractivity contribution in [2.75, 3.05) is 6.54 Å². The van der Waals surface area contributed by atoms with Crippen molar-refractivity contribution >= 4 is 18.5 Å². The highest BCUT2D eigenvalue weighted by atomic mass is 32.1. The highest BCUT2D eigenvalue weighted by Crippen LogP contribution is 2.24. The fourth-order valence-electron chi connectivity index (χ4n) is 2.26. The molecule has 0 aromatic heterocycles. The molecule has 0 heterocycles. The molecule has 0 spiro atoms. The molecule has 1 aliphatic carbocycles. The fraction of sp³-hybridized carbons (Fsp3) is 0.462. The van der Waals surface area contributed by atoms with E-state index >= 15 is 0 Å². The van der Waals surface area contributed by atoms with Crippen molar-refractivity contribution in [3.8, 4) is 0 Å². The second-order valence-electron chi connectivity index (χ2n) is 4.63. The van der Waals surface area contributed by atoms with Crippen LogP contribution in [0.1, 0.15) is 29.6 Å². The first-order valence-corrected chi connectivity index (χ1v) is 6.47. The van der Waals surface area contributed by atoms with E-state index in [1.807, 2.05) is 0 Å². The van der Waals surface area contributed by atoms with Crippen LogP contribution in [0.5, 0.6) is 0 Å². The van der Waals surface area contributed by atoms with Gasteiger partial charge in [-0.3, -0.25) is 4.79 Å². The molecule has 1 aromatic rings. The minimum absolute atomic E-state index is 0.00464. The molecule has 2 rings (SSSR count). The van der Waals surface area contributed by atoms with Crippen molar-refractivity contribution in [3.05, 3.63) is 29.6 Å². The maximum absolute atomic E-state index is 13.5. The number of halogens is 1. The van der Waals surface area contributed by atoms with Gasteiger partial charge in [-0.15, -0.1) is 12.6 Å². The number of benzene rings is 1.